The van der Waals surface area contributed by atoms with Crippen molar-refractivity contribution in [3.63, 3.8) is 0 Å². The van der Waals surface area contributed by atoms with Gasteiger partial charge in [0.15, 0.2) is 11.7 Å². The van der Waals surface area contributed by atoms with Crippen molar-refractivity contribution in [1.82, 2.24) is 25.4 Å². The number of nitrogens with zero attached hydrogens (tertiary/aromatic N) is 4. The van der Waals surface area contributed by atoms with Crippen LogP contribution < -0.4 is 5.32 Å². The van der Waals surface area contributed by atoms with Gasteiger partial charge in [-0.3, -0.25) is 10.1 Å². The number of nitrogens with one attached hydrogen (secondary N) is 2. The highest BCUT2D eigenvalue weighted by Gasteiger charge is 2.09. The summed E-state index contributed by atoms with van der Waals surface area (Å²) in [5, 5.41) is 11.2. The van der Waals surface area contributed by atoms with Gasteiger partial charge >= 0.3 is 0 Å². The molecule has 0 fully saturated rings. The van der Waals surface area contributed by atoms with Crippen LogP contribution in [0.5, 0.6) is 0 Å². The number of hydrogen-bond donors (Lipinski definition) is 2. The number of guanidine groups is 1. The third-order valence-electron chi connectivity index (χ3n) is 3.89. The maximum Gasteiger partial charge on any atom is 0.216 e. The van der Waals surface area contributed by atoms with E-state index in [1.54, 1.807) is 6.26 Å². The van der Waals surface area contributed by atoms with Gasteiger partial charge in [-0.1, -0.05) is 23.7 Å². The molecule has 0 saturated carbocycles. The fourth-order valence-electron chi connectivity index (χ4n) is 2.64. The van der Waals surface area contributed by atoms with Gasteiger partial charge in [-0.2, -0.15) is 5.10 Å². The molecule has 0 bridgehead atoms. The van der Waals surface area contributed by atoms with E-state index in [1.165, 1.54) is 0 Å². The van der Waals surface area contributed by atoms with Crippen LogP contribution in [0, 0.1) is 0 Å². The van der Waals surface area contributed by atoms with Gasteiger partial charge in [0.1, 0.15) is 5.82 Å². The zero-order chi connectivity index (χ0) is 19.1. The van der Waals surface area contributed by atoms with E-state index in [2.05, 4.69) is 43.4 Å². The number of H-pyrrole nitrogens is 1. The molecule has 0 aliphatic carbocycles. The monoisotopic (exact) mass is 386 g/mol. The lowest BCUT2D eigenvalue weighted by molar-refractivity contribution is 0.477. The van der Waals surface area contributed by atoms with Crippen LogP contribution in [0.25, 0.3) is 11.6 Å². The molecule has 3 aromatic rings. The highest BCUT2D eigenvalue weighted by Crippen LogP contribution is 2.14. The zero-order valence-corrected chi connectivity index (χ0v) is 16.2. The molecule has 1 aromatic carbocycles. The summed E-state index contributed by atoms with van der Waals surface area (Å²) in [6.45, 7) is 4.16. The topological polar surface area (TPSA) is 82.3 Å². The summed E-state index contributed by atoms with van der Waals surface area (Å²) in [6, 6.07) is 11.5. The van der Waals surface area contributed by atoms with Gasteiger partial charge in [-0.05, 0) is 36.8 Å². The number of hydrogen-bond acceptors (Lipinski definition) is 4. The number of benzene rings is 1. The first kappa shape index (κ1) is 19.0. The molecule has 2 N–H and O–H groups in total. The average Bonchev–Trinajstić information content (AvgIpc) is 3.32. The third-order valence-corrected chi connectivity index (χ3v) is 4.12. The molecule has 7 nitrogen and oxygen atoms in total. The van der Waals surface area contributed by atoms with Gasteiger partial charge in [-0.25, -0.2) is 4.98 Å². The van der Waals surface area contributed by atoms with Crippen molar-refractivity contribution in [3.05, 3.63) is 59.1 Å². The van der Waals surface area contributed by atoms with Crippen LogP contribution in [0.15, 0.2) is 52.1 Å². The van der Waals surface area contributed by atoms with Gasteiger partial charge in [0, 0.05) is 38.1 Å². The van der Waals surface area contributed by atoms with Crippen molar-refractivity contribution in [2.75, 3.05) is 20.1 Å². The quantitative estimate of drug-likeness (QED) is 0.480. The number of aliphatic imine (C=N–C) groups is 1. The summed E-state index contributed by atoms with van der Waals surface area (Å²) < 4.78 is 5.31. The fraction of sp³-hybridized carbons (Fsp3) is 0.316. The number of furan rings is 1. The molecule has 3 rings (SSSR count). The Morgan fingerprint density at radius 1 is 1.33 bits per heavy atom. The van der Waals surface area contributed by atoms with Gasteiger partial charge in [0.2, 0.25) is 5.82 Å². The van der Waals surface area contributed by atoms with E-state index in [0.29, 0.717) is 24.6 Å². The van der Waals surface area contributed by atoms with E-state index in [0.717, 1.165) is 35.5 Å². The Morgan fingerprint density at radius 3 is 2.96 bits per heavy atom. The van der Waals surface area contributed by atoms with Crippen LogP contribution in [-0.2, 0) is 13.0 Å². The van der Waals surface area contributed by atoms with Crippen LogP contribution in [0.2, 0.25) is 5.02 Å². The van der Waals surface area contributed by atoms with E-state index >= 15 is 0 Å². The molecule has 0 aliphatic rings. The molecule has 0 radical (unpaired) electrons. The number of aromatic nitrogens is 3. The van der Waals surface area contributed by atoms with Crippen molar-refractivity contribution in [3.8, 4) is 11.6 Å². The first-order chi connectivity index (χ1) is 13.2. The Morgan fingerprint density at radius 2 is 2.22 bits per heavy atom. The second-order valence-electron chi connectivity index (χ2n) is 6.05. The number of rotatable bonds is 7. The molecule has 2 heterocycles. The average molecular weight is 387 g/mol. The highest BCUT2D eigenvalue weighted by molar-refractivity contribution is 6.30. The Labute approximate surface area is 163 Å². The first-order valence-corrected chi connectivity index (χ1v) is 9.22. The minimum absolute atomic E-state index is 0.559. The summed E-state index contributed by atoms with van der Waals surface area (Å²) in [6.07, 6.45) is 2.27. The standard InChI is InChI=1S/C19H23ClN6O/c1-3-21-19(26(2)13-14-6-4-7-15(20)12-14)22-10-9-17-23-18(25-24-17)16-8-5-11-27-16/h4-8,11-12H,3,9-10,13H2,1-2H3,(H,21,22)(H,23,24,25). The Kier molecular flexibility index (Phi) is 6.49. The van der Waals surface area contributed by atoms with Crippen LogP contribution in [0.3, 0.4) is 0 Å². The number of halogens is 1. The molecule has 2 aromatic heterocycles. The molecule has 0 saturated heterocycles. The SMILES string of the molecule is CCNC(=NCCc1nc(-c2ccco2)n[nH]1)N(C)Cc1cccc(Cl)c1. The van der Waals surface area contributed by atoms with Gasteiger partial charge in [-0.15, -0.1) is 0 Å². The van der Waals surface area contributed by atoms with Gasteiger partial charge < -0.3 is 14.6 Å². The van der Waals surface area contributed by atoms with Crippen molar-refractivity contribution < 1.29 is 4.42 Å². The molecular weight excluding hydrogens is 364 g/mol. The van der Waals surface area contributed by atoms with Crippen LogP contribution in [0.1, 0.15) is 18.3 Å². The van der Waals surface area contributed by atoms with Gasteiger partial charge in [0.05, 0.1) is 6.26 Å². The molecule has 8 heteroatoms. The van der Waals surface area contributed by atoms with E-state index in [4.69, 9.17) is 16.0 Å². The summed E-state index contributed by atoms with van der Waals surface area (Å²) in [4.78, 5) is 11.2. The van der Waals surface area contributed by atoms with Crippen molar-refractivity contribution in [2.45, 2.75) is 19.9 Å². The molecule has 0 unspecified atom stereocenters. The minimum Gasteiger partial charge on any atom is -0.461 e. The molecule has 0 spiro atoms. The molecule has 0 amide bonds. The molecule has 0 atom stereocenters. The maximum atomic E-state index is 6.07. The highest BCUT2D eigenvalue weighted by atomic mass is 35.5. The molecule has 142 valence electrons. The van der Waals surface area contributed by atoms with E-state index in [1.807, 2.05) is 37.4 Å². The lowest BCUT2D eigenvalue weighted by Gasteiger charge is -2.22. The Bertz CT molecular complexity index is 874. The van der Waals surface area contributed by atoms with Crippen LogP contribution in [-0.4, -0.2) is 46.2 Å². The minimum atomic E-state index is 0.559. The lowest BCUT2D eigenvalue weighted by atomic mass is 10.2. The van der Waals surface area contributed by atoms with Crippen molar-refractivity contribution >= 4 is 17.6 Å². The maximum absolute atomic E-state index is 6.07. The smallest absolute Gasteiger partial charge is 0.216 e. The van der Waals surface area contributed by atoms with Crippen LogP contribution >= 0.6 is 11.6 Å². The van der Waals surface area contributed by atoms with Crippen molar-refractivity contribution in [1.29, 1.82) is 0 Å². The first-order valence-electron chi connectivity index (χ1n) is 8.84. The summed E-state index contributed by atoms with van der Waals surface area (Å²) in [5.74, 6) is 2.82. The van der Waals surface area contributed by atoms with Gasteiger partial charge in [0.25, 0.3) is 0 Å². The zero-order valence-electron chi connectivity index (χ0n) is 15.4. The van der Waals surface area contributed by atoms with E-state index < -0.39 is 0 Å². The molecule has 27 heavy (non-hydrogen) atoms. The Hall–Kier alpha value is -2.80. The summed E-state index contributed by atoms with van der Waals surface area (Å²) in [5.41, 5.74) is 1.13. The molecular formula is C19H23ClN6O. The number of aromatic amines is 1. The third kappa shape index (κ3) is 5.34. The summed E-state index contributed by atoms with van der Waals surface area (Å²) in [7, 11) is 2.01. The second kappa shape index (κ2) is 9.23. The Balaban J connectivity index is 1.60. The normalized spacial score (nSPS) is 11.6. The lowest BCUT2D eigenvalue weighted by Crippen LogP contribution is -2.38. The molecule has 0 aliphatic heterocycles. The largest absolute Gasteiger partial charge is 0.461 e. The van der Waals surface area contributed by atoms with Crippen molar-refractivity contribution in [2.24, 2.45) is 4.99 Å². The predicted molar refractivity (Wildman–Crippen MR) is 107 cm³/mol. The van der Waals surface area contributed by atoms with E-state index in [9.17, 15) is 0 Å². The second-order valence-corrected chi connectivity index (χ2v) is 6.49. The predicted octanol–water partition coefficient (Wildman–Crippen LogP) is 3.36. The fourth-order valence-corrected chi connectivity index (χ4v) is 2.86. The van der Waals surface area contributed by atoms with E-state index in [-0.39, 0.29) is 0 Å². The summed E-state index contributed by atoms with van der Waals surface area (Å²) >= 11 is 6.07. The van der Waals surface area contributed by atoms with Crippen LogP contribution in [0.4, 0.5) is 0 Å².